The van der Waals surface area contributed by atoms with Gasteiger partial charge in [0.25, 0.3) is 0 Å². The predicted molar refractivity (Wildman–Crippen MR) is 101 cm³/mol. The summed E-state index contributed by atoms with van der Waals surface area (Å²) in [6, 6.07) is 11.4. The third-order valence-electron chi connectivity index (χ3n) is 4.01. The Morgan fingerprint density at radius 2 is 1.78 bits per heavy atom. The van der Waals surface area contributed by atoms with E-state index in [0.717, 1.165) is 10.5 Å². The number of para-hydroxylation sites is 1. The zero-order valence-corrected chi connectivity index (χ0v) is 15.6. The van der Waals surface area contributed by atoms with Crippen molar-refractivity contribution in [1.82, 2.24) is 5.32 Å². The van der Waals surface area contributed by atoms with Crippen LogP contribution in [0.2, 0.25) is 0 Å². The molecule has 2 aromatic carbocycles. The lowest BCUT2D eigenvalue weighted by atomic mass is 10.1. The van der Waals surface area contributed by atoms with Gasteiger partial charge in [0, 0.05) is 13.5 Å². The van der Waals surface area contributed by atoms with Crippen LogP contribution in [0.3, 0.4) is 0 Å². The molecule has 0 saturated heterocycles. The second-order valence-corrected chi connectivity index (χ2v) is 5.85. The van der Waals surface area contributed by atoms with Crippen LogP contribution in [0, 0.1) is 5.82 Å². The van der Waals surface area contributed by atoms with Crippen LogP contribution >= 0.6 is 0 Å². The molecule has 0 saturated carbocycles. The van der Waals surface area contributed by atoms with Crippen molar-refractivity contribution in [3.63, 3.8) is 0 Å². The lowest BCUT2D eigenvalue weighted by Gasteiger charge is -2.21. The fraction of sp³-hybridized carbons (Fsp3) is 0.300. The van der Waals surface area contributed by atoms with Crippen molar-refractivity contribution in [3.8, 4) is 11.5 Å². The van der Waals surface area contributed by atoms with E-state index in [2.05, 4.69) is 5.32 Å². The third-order valence-corrected chi connectivity index (χ3v) is 4.01. The lowest BCUT2D eigenvalue weighted by Crippen LogP contribution is -2.40. The Kier molecular flexibility index (Phi) is 7.16. The number of methoxy groups -OCH3 is 2. The molecule has 7 heteroatoms. The summed E-state index contributed by atoms with van der Waals surface area (Å²) in [5, 5.41) is 2.74. The van der Waals surface area contributed by atoms with Gasteiger partial charge in [0.15, 0.2) is 11.5 Å². The molecule has 2 amide bonds. The van der Waals surface area contributed by atoms with Gasteiger partial charge in [-0.05, 0) is 36.2 Å². The molecule has 0 unspecified atom stereocenters. The summed E-state index contributed by atoms with van der Waals surface area (Å²) >= 11 is 0. The highest BCUT2D eigenvalue weighted by Gasteiger charge is 2.18. The Balaban J connectivity index is 1.93. The van der Waals surface area contributed by atoms with E-state index in [1.807, 2.05) is 12.1 Å². The lowest BCUT2D eigenvalue weighted by molar-refractivity contribution is -0.123. The maximum absolute atomic E-state index is 13.9. The Labute approximate surface area is 157 Å². The Morgan fingerprint density at radius 3 is 2.41 bits per heavy atom. The van der Waals surface area contributed by atoms with Crippen LogP contribution in [0.4, 0.5) is 10.1 Å². The molecule has 0 aliphatic heterocycles. The molecule has 0 radical (unpaired) electrons. The number of hydrogen-bond donors (Lipinski definition) is 1. The first kappa shape index (κ1) is 20.2. The number of halogens is 1. The van der Waals surface area contributed by atoms with Gasteiger partial charge < -0.3 is 19.7 Å². The van der Waals surface area contributed by atoms with Gasteiger partial charge in [-0.1, -0.05) is 18.2 Å². The van der Waals surface area contributed by atoms with Gasteiger partial charge in [-0.25, -0.2) is 4.39 Å². The monoisotopic (exact) mass is 374 g/mol. The first-order chi connectivity index (χ1) is 13.0. The van der Waals surface area contributed by atoms with Crippen molar-refractivity contribution in [3.05, 3.63) is 53.8 Å². The van der Waals surface area contributed by atoms with Gasteiger partial charge >= 0.3 is 0 Å². The maximum Gasteiger partial charge on any atom is 0.240 e. The largest absolute Gasteiger partial charge is 0.493 e. The standard InChI is InChI=1S/C20H23FN2O4/c1-14(24)23(17-7-5-4-6-16(17)21)13-20(25)22-11-10-15-8-9-18(26-2)19(12-15)27-3/h4-9,12H,10-11,13H2,1-3H3,(H,22,25). The summed E-state index contributed by atoms with van der Waals surface area (Å²) in [4.78, 5) is 25.1. The van der Waals surface area contributed by atoms with Gasteiger partial charge in [-0.2, -0.15) is 0 Å². The zero-order valence-electron chi connectivity index (χ0n) is 15.6. The predicted octanol–water partition coefficient (Wildman–Crippen LogP) is 2.55. The van der Waals surface area contributed by atoms with E-state index in [0.29, 0.717) is 24.5 Å². The molecule has 0 aromatic heterocycles. The van der Waals surface area contributed by atoms with E-state index < -0.39 is 11.7 Å². The zero-order chi connectivity index (χ0) is 19.8. The third kappa shape index (κ3) is 5.44. The van der Waals surface area contributed by atoms with E-state index in [1.165, 1.54) is 25.1 Å². The minimum Gasteiger partial charge on any atom is -0.493 e. The number of nitrogens with zero attached hydrogens (tertiary/aromatic N) is 1. The normalized spacial score (nSPS) is 10.2. The SMILES string of the molecule is COc1ccc(CCNC(=O)CN(C(C)=O)c2ccccc2F)cc1OC. The van der Waals surface area contributed by atoms with Gasteiger partial charge in [0.2, 0.25) is 11.8 Å². The van der Waals surface area contributed by atoms with Crippen molar-refractivity contribution in [1.29, 1.82) is 0 Å². The molecule has 0 atom stereocenters. The second kappa shape index (κ2) is 9.56. The Morgan fingerprint density at radius 1 is 1.07 bits per heavy atom. The molecule has 2 aromatic rings. The molecule has 0 aliphatic carbocycles. The number of ether oxygens (including phenoxy) is 2. The quantitative estimate of drug-likeness (QED) is 0.771. The average molecular weight is 374 g/mol. The first-order valence-electron chi connectivity index (χ1n) is 8.46. The molecular formula is C20H23FN2O4. The second-order valence-electron chi connectivity index (χ2n) is 5.85. The Hall–Kier alpha value is -3.09. The van der Waals surface area contributed by atoms with E-state index in [4.69, 9.17) is 9.47 Å². The van der Waals surface area contributed by atoms with Gasteiger partial charge in [0.1, 0.15) is 12.4 Å². The molecule has 2 rings (SSSR count). The molecule has 1 N–H and O–H groups in total. The summed E-state index contributed by atoms with van der Waals surface area (Å²) in [7, 11) is 3.12. The fourth-order valence-electron chi connectivity index (χ4n) is 2.62. The number of carbonyl (C=O) groups excluding carboxylic acids is 2. The number of rotatable bonds is 8. The molecule has 0 heterocycles. The van der Waals surface area contributed by atoms with Crippen LogP contribution in [0.5, 0.6) is 11.5 Å². The summed E-state index contributed by atoms with van der Waals surface area (Å²) < 4.78 is 24.3. The number of benzene rings is 2. The first-order valence-corrected chi connectivity index (χ1v) is 8.46. The summed E-state index contributed by atoms with van der Waals surface area (Å²) in [6.07, 6.45) is 0.575. The smallest absolute Gasteiger partial charge is 0.240 e. The van der Waals surface area contributed by atoms with Crippen molar-refractivity contribution in [2.45, 2.75) is 13.3 Å². The number of carbonyl (C=O) groups is 2. The van der Waals surface area contributed by atoms with Crippen LogP contribution < -0.4 is 19.7 Å². The molecule has 6 nitrogen and oxygen atoms in total. The number of amides is 2. The van der Waals surface area contributed by atoms with Gasteiger partial charge in [0.05, 0.1) is 19.9 Å². The van der Waals surface area contributed by atoms with Crippen molar-refractivity contribution in [2.75, 3.05) is 32.2 Å². The molecule has 144 valence electrons. The van der Waals surface area contributed by atoms with Crippen LogP contribution in [0.1, 0.15) is 12.5 Å². The maximum atomic E-state index is 13.9. The van der Waals surface area contributed by atoms with Crippen LogP contribution in [0.25, 0.3) is 0 Å². The molecular weight excluding hydrogens is 351 g/mol. The highest BCUT2D eigenvalue weighted by Crippen LogP contribution is 2.27. The van der Waals surface area contributed by atoms with E-state index >= 15 is 0 Å². The van der Waals surface area contributed by atoms with Crippen LogP contribution in [0.15, 0.2) is 42.5 Å². The minimum atomic E-state index is -0.550. The molecule has 0 aliphatic rings. The number of hydrogen-bond acceptors (Lipinski definition) is 4. The molecule has 0 fully saturated rings. The average Bonchev–Trinajstić information content (AvgIpc) is 2.66. The van der Waals surface area contributed by atoms with E-state index in [9.17, 15) is 14.0 Å². The van der Waals surface area contributed by atoms with Crippen LogP contribution in [-0.2, 0) is 16.0 Å². The molecule has 0 bridgehead atoms. The topological polar surface area (TPSA) is 67.9 Å². The van der Waals surface area contributed by atoms with Gasteiger partial charge in [-0.3, -0.25) is 9.59 Å². The van der Waals surface area contributed by atoms with Crippen molar-refractivity contribution >= 4 is 17.5 Å². The fourth-order valence-corrected chi connectivity index (χ4v) is 2.62. The number of anilines is 1. The highest BCUT2D eigenvalue weighted by atomic mass is 19.1. The number of nitrogens with one attached hydrogen (secondary N) is 1. The van der Waals surface area contributed by atoms with Crippen LogP contribution in [-0.4, -0.2) is 39.1 Å². The Bertz CT molecular complexity index is 810. The van der Waals surface area contributed by atoms with E-state index in [-0.39, 0.29) is 18.1 Å². The van der Waals surface area contributed by atoms with Gasteiger partial charge in [-0.15, -0.1) is 0 Å². The van der Waals surface area contributed by atoms with Crippen molar-refractivity contribution in [2.24, 2.45) is 0 Å². The summed E-state index contributed by atoms with van der Waals surface area (Å²) in [5.41, 5.74) is 1.05. The van der Waals surface area contributed by atoms with Crippen molar-refractivity contribution < 1.29 is 23.5 Å². The molecule has 0 spiro atoms. The minimum absolute atomic E-state index is 0.0834. The summed E-state index contributed by atoms with van der Waals surface area (Å²) in [6.45, 7) is 1.42. The van der Waals surface area contributed by atoms with E-state index in [1.54, 1.807) is 26.4 Å². The highest BCUT2D eigenvalue weighted by molar-refractivity contribution is 5.97. The summed E-state index contributed by atoms with van der Waals surface area (Å²) in [5.74, 6) is -0.0780. The molecule has 27 heavy (non-hydrogen) atoms.